The lowest BCUT2D eigenvalue weighted by molar-refractivity contribution is 0.176. The maximum absolute atomic E-state index is 14.8. The van der Waals surface area contributed by atoms with Gasteiger partial charge in [-0.3, -0.25) is 0 Å². The summed E-state index contributed by atoms with van der Waals surface area (Å²) in [6.07, 6.45) is 1.76. The minimum Gasteiger partial charge on any atom is -0.507 e. The van der Waals surface area contributed by atoms with Gasteiger partial charge in [0.1, 0.15) is 17.4 Å². The number of phenols is 1. The van der Waals surface area contributed by atoms with E-state index in [9.17, 15) is 9.50 Å². The quantitative estimate of drug-likeness (QED) is 0.719. The monoisotopic (exact) mass is 383 g/mol. The van der Waals surface area contributed by atoms with Crippen molar-refractivity contribution in [2.24, 2.45) is 0 Å². The van der Waals surface area contributed by atoms with Gasteiger partial charge in [-0.1, -0.05) is 0 Å². The van der Waals surface area contributed by atoms with Crippen molar-refractivity contribution in [2.45, 2.75) is 50.5 Å². The number of oxazole rings is 1. The number of piperidine rings is 1. The van der Waals surface area contributed by atoms with Crippen molar-refractivity contribution in [3.05, 3.63) is 30.2 Å². The Kier molecular flexibility index (Phi) is 3.97. The van der Waals surface area contributed by atoms with Gasteiger partial charge in [0.15, 0.2) is 17.3 Å². The molecule has 7 nitrogen and oxygen atoms in total. The van der Waals surface area contributed by atoms with Crippen LogP contribution in [-0.4, -0.2) is 51.6 Å². The van der Waals surface area contributed by atoms with Crippen LogP contribution < -0.4 is 10.2 Å². The lowest BCUT2D eigenvalue weighted by Crippen LogP contribution is -2.55. The number of alkyl halides is 1. The van der Waals surface area contributed by atoms with Gasteiger partial charge < -0.3 is 19.7 Å². The lowest BCUT2D eigenvalue weighted by atomic mass is 9.96. The van der Waals surface area contributed by atoms with Crippen molar-refractivity contribution < 1.29 is 13.9 Å². The van der Waals surface area contributed by atoms with Crippen LogP contribution in [0.15, 0.2) is 28.7 Å². The number of benzene rings is 1. The number of aryl methyl sites for hydroxylation is 1. The van der Waals surface area contributed by atoms with Crippen molar-refractivity contribution in [3.8, 4) is 17.0 Å². The third kappa shape index (κ3) is 2.79. The third-order valence-electron chi connectivity index (χ3n) is 5.95. The predicted molar refractivity (Wildman–Crippen MR) is 103 cm³/mol. The highest BCUT2D eigenvalue weighted by molar-refractivity contribution is 5.83. The highest BCUT2D eigenvalue weighted by atomic mass is 19.1. The van der Waals surface area contributed by atoms with Gasteiger partial charge in [0.05, 0.1) is 11.7 Å². The molecular formula is C20H22FN5O2. The number of rotatable bonds is 3. The van der Waals surface area contributed by atoms with Crippen LogP contribution in [0, 0.1) is 6.92 Å². The Morgan fingerprint density at radius 2 is 2.11 bits per heavy atom. The van der Waals surface area contributed by atoms with Crippen molar-refractivity contribution in [1.82, 2.24) is 20.5 Å². The summed E-state index contributed by atoms with van der Waals surface area (Å²) in [6.45, 7) is 1.76. The summed E-state index contributed by atoms with van der Waals surface area (Å²) in [7, 11) is 1.87. The first-order chi connectivity index (χ1) is 13.5. The second kappa shape index (κ2) is 6.41. The van der Waals surface area contributed by atoms with Crippen LogP contribution >= 0.6 is 0 Å². The lowest BCUT2D eigenvalue weighted by Gasteiger charge is -2.38. The standard InChI is InChI=1S/C20H22FN5O2/c1-10-22-15-9-17(27)12(8-18(15)28-10)13-5-6-19(25-24-13)26(2)16-7-11-3-4-14(23-11)20(16)21/h5-6,8-9,11,14,16,20,23,27H,3-4,7H2,1-2H3/t11?,14?,16-,20+/m1/s1. The van der Waals surface area contributed by atoms with E-state index in [-0.39, 0.29) is 17.8 Å². The van der Waals surface area contributed by atoms with E-state index in [1.54, 1.807) is 25.1 Å². The van der Waals surface area contributed by atoms with Crippen molar-refractivity contribution >= 4 is 16.9 Å². The largest absolute Gasteiger partial charge is 0.507 e. The zero-order valence-electron chi connectivity index (χ0n) is 15.8. The molecule has 0 amide bonds. The van der Waals surface area contributed by atoms with Crippen molar-refractivity contribution in [2.75, 3.05) is 11.9 Å². The van der Waals surface area contributed by atoms with Crippen LogP contribution in [0.3, 0.4) is 0 Å². The molecule has 28 heavy (non-hydrogen) atoms. The Labute approximate surface area is 161 Å². The summed E-state index contributed by atoms with van der Waals surface area (Å²) < 4.78 is 20.4. The fourth-order valence-corrected chi connectivity index (χ4v) is 4.46. The number of hydrogen-bond acceptors (Lipinski definition) is 7. The van der Waals surface area contributed by atoms with Gasteiger partial charge in [0, 0.05) is 37.7 Å². The molecule has 8 heteroatoms. The average Bonchev–Trinajstić information content (AvgIpc) is 3.26. The van der Waals surface area contributed by atoms with E-state index in [1.165, 1.54) is 0 Å². The molecule has 5 rings (SSSR count). The number of hydrogen-bond donors (Lipinski definition) is 2. The van der Waals surface area contributed by atoms with E-state index in [4.69, 9.17) is 4.42 Å². The molecule has 2 aliphatic rings. The van der Waals surface area contributed by atoms with Gasteiger partial charge in [-0.25, -0.2) is 9.37 Å². The number of nitrogens with one attached hydrogen (secondary N) is 1. The van der Waals surface area contributed by atoms with E-state index >= 15 is 0 Å². The van der Waals surface area contributed by atoms with Crippen LogP contribution in [0.1, 0.15) is 25.2 Å². The zero-order valence-corrected chi connectivity index (χ0v) is 15.8. The molecule has 2 fully saturated rings. The van der Waals surface area contributed by atoms with Gasteiger partial charge >= 0.3 is 0 Å². The number of aromatic nitrogens is 3. The molecule has 0 radical (unpaired) electrons. The average molecular weight is 383 g/mol. The first kappa shape index (κ1) is 17.4. The molecule has 2 N–H and O–H groups in total. The van der Waals surface area contributed by atoms with Gasteiger partial charge in [-0.05, 0) is 37.5 Å². The number of nitrogens with zero attached hydrogens (tertiary/aromatic N) is 4. The summed E-state index contributed by atoms with van der Waals surface area (Å²) in [5.74, 6) is 1.22. The van der Waals surface area contributed by atoms with Crippen LogP contribution in [0.4, 0.5) is 10.2 Å². The van der Waals surface area contributed by atoms with E-state index in [1.807, 2.05) is 18.0 Å². The molecule has 2 aromatic heterocycles. The molecule has 1 aromatic carbocycles. The molecular weight excluding hydrogens is 361 g/mol. The van der Waals surface area contributed by atoms with Gasteiger partial charge in [-0.2, -0.15) is 0 Å². The third-order valence-corrected chi connectivity index (χ3v) is 5.95. The van der Waals surface area contributed by atoms with Crippen molar-refractivity contribution in [3.63, 3.8) is 0 Å². The highest BCUT2D eigenvalue weighted by Gasteiger charge is 2.43. The minimum atomic E-state index is -0.925. The Balaban J connectivity index is 1.42. The number of halogens is 1. The molecule has 0 aliphatic carbocycles. The molecule has 0 saturated carbocycles. The van der Waals surface area contributed by atoms with Gasteiger partial charge in [-0.15, -0.1) is 10.2 Å². The van der Waals surface area contributed by atoms with E-state index in [0.29, 0.717) is 40.1 Å². The normalized spacial score (nSPS) is 26.7. The van der Waals surface area contributed by atoms with Crippen LogP contribution in [0.5, 0.6) is 5.75 Å². The van der Waals surface area contributed by atoms with Crippen LogP contribution in [-0.2, 0) is 0 Å². The van der Waals surface area contributed by atoms with Crippen LogP contribution in [0.2, 0.25) is 0 Å². The molecule has 2 aliphatic heterocycles. The van der Waals surface area contributed by atoms with E-state index in [2.05, 4.69) is 20.5 Å². The fourth-order valence-electron chi connectivity index (χ4n) is 4.46. The molecule has 2 unspecified atom stereocenters. The maximum Gasteiger partial charge on any atom is 0.192 e. The van der Waals surface area contributed by atoms with Gasteiger partial charge in [0.25, 0.3) is 0 Å². The first-order valence-electron chi connectivity index (χ1n) is 9.57. The Morgan fingerprint density at radius 1 is 1.25 bits per heavy atom. The molecule has 2 bridgehead atoms. The Morgan fingerprint density at radius 3 is 2.89 bits per heavy atom. The van der Waals surface area contributed by atoms with E-state index < -0.39 is 6.17 Å². The van der Waals surface area contributed by atoms with Crippen LogP contribution in [0.25, 0.3) is 22.4 Å². The predicted octanol–water partition coefficient (Wildman–Crippen LogP) is 2.97. The summed E-state index contributed by atoms with van der Waals surface area (Å²) in [6, 6.07) is 6.97. The first-order valence-corrected chi connectivity index (χ1v) is 9.57. The van der Waals surface area contributed by atoms with E-state index in [0.717, 1.165) is 19.3 Å². The molecule has 2 saturated heterocycles. The summed E-state index contributed by atoms with van der Waals surface area (Å²) in [4.78, 5) is 6.10. The second-order valence-electron chi connectivity index (χ2n) is 7.75. The summed E-state index contributed by atoms with van der Waals surface area (Å²) in [5, 5.41) is 22.2. The molecule has 3 aromatic rings. The van der Waals surface area contributed by atoms with Gasteiger partial charge in [0.2, 0.25) is 0 Å². The molecule has 4 heterocycles. The molecule has 146 valence electrons. The van der Waals surface area contributed by atoms with Crippen molar-refractivity contribution in [1.29, 1.82) is 0 Å². The number of aromatic hydroxyl groups is 1. The SMILES string of the molecule is Cc1nc2cc(O)c(-c3ccc(N(C)[C@@H]4CC5CCC(N5)[C@@H]4F)nn3)cc2o1. The Bertz CT molecular complexity index is 1020. The highest BCUT2D eigenvalue weighted by Crippen LogP contribution is 2.35. The maximum atomic E-state index is 14.8. The zero-order chi connectivity index (χ0) is 19.4. The molecule has 0 spiro atoms. The number of anilines is 1. The summed E-state index contributed by atoms with van der Waals surface area (Å²) >= 11 is 0. The second-order valence-corrected chi connectivity index (χ2v) is 7.75. The molecule has 4 atom stereocenters. The Hall–Kier alpha value is -2.74. The number of phenolic OH excluding ortho intramolecular Hbond substituents is 1. The topological polar surface area (TPSA) is 87.3 Å². The smallest absolute Gasteiger partial charge is 0.192 e. The summed E-state index contributed by atoms with van der Waals surface area (Å²) in [5.41, 5.74) is 2.22. The fraction of sp³-hybridized carbons (Fsp3) is 0.450. The number of fused-ring (bicyclic) bond motifs is 3. The minimum absolute atomic E-state index is 0.0625.